The number of allylic oxidation sites excluding steroid dienone is 5. The number of hydrogen-bond donors (Lipinski definition) is 0. The first kappa shape index (κ1) is 19.8. The van der Waals surface area contributed by atoms with Gasteiger partial charge in [0.1, 0.15) is 0 Å². The third-order valence-corrected chi connectivity index (χ3v) is 4.78. The van der Waals surface area contributed by atoms with Crippen molar-refractivity contribution in [3.8, 4) is 11.1 Å². The molecular formula is C25H31N. The lowest BCUT2D eigenvalue weighted by Crippen LogP contribution is -2.13. The van der Waals surface area contributed by atoms with Crippen LogP contribution in [0.3, 0.4) is 0 Å². The quantitative estimate of drug-likeness (QED) is 0.521. The van der Waals surface area contributed by atoms with E-state index in [9.17, 15) is 0 Å². The molecule has 0 atom stereocenters. The molecule has 0 aliphatic carbocycles. The third-order valence-electron chi connectivity index (χ3n) is 4.78. The van der Waals surface area contributed by atoms with Crippen molar-refractivity contribution in [2.75, 3.05) is 11.9 Å². The molecule has 2 aromatic carbocycles. The Bertz CT molecular complexity index is 797. The van der Waals surface area contributed by atoms with E-state index in [-0.39, 0.29) is 5.41 Å². The van der Waals surface area contributed by atoms with Crippen LogP contribution in [0.15, 0.2) is 84.6 Å². The van der Waals surface area contributed by atoms with Crippen molar-refractivity contribution in [1.82, 2.24) is 0 Å². The van der Waals surface area contributed by atoms with Crippen LogP contribution in [0.25, 0.3) is 11.1 Å². The number of rotatable bonds is 5. The second-order valence-electron chi connectivity index (χ2n) is 7.86. The zero-order chi connectivity index (χ0) is 19.3. The molecule has 0 unspecified atom stereocenters. The molecular weight excluding hydrogens is 314 g/mol. The minimum atomic E-state index is 0.188. The Morgan fingerprint density at radius 2 is 1.35 bits per heavy atom. The van der Waals surface area contributed by atoms with Gasteiger partial charge in [-0.3, -0.25) is 0 Å². The second kappa shape index (κ2) is 8.23. The summed E-state index contributed by atoms with van der Waals surface area (Å²) < 4.78 is 0. The van der Waals surface area contributed by atoms with E-state index in [1.54, 1.807) is 0 Å². The number of nitrogens with zero attached hydrogens (tertiary/aromatic N) is 1. The summed E-state index contributed by atoms with van der Waals surface area (Å²) >= 11 is 0. The predicted molar refractivity (Wildman–Crippen MR) is 117 cm³/mol. The number of anilines is 1. The molecule has 1 nitrogen and oxygen atoms in total. The highest BCUT2D eigenvalue weighted by Crippen LogP contribution is 2.28. The Morgan fingerprint density at radius 1 is 0.846 bits per heavy atom. The highest BCUT2D eigenvalue weighted by Gasteiger charge is 2.13. The second-order valence-corrected chi connectivity index (χ2v) is 7.86. The molecule has 0 aliphatic rings. The molecule has 0 N–H and O–H groups in total. The van der Waals surface area contributed by atoms with Gasteiger partial charge in [-0.05, 0) is 54.2 Å². The monoisotopic (exact) mass is 345 g/mol. The molecule has 0 aliphatic heterocycles. The molecule has 0 amide bonds. The van der Waals surface area contributed by atoms with Gasteiger partial charge < -0.3 is 4.90 Å². The van der Waals surface area contributed by atoms with Gasteiger partial charge in [-0.2, -0.15) is 0 Å². The highest BCUT2D eigenvalue weighted by atomic mass is 15.1. The van der Waals surface area contributed by atoms with Crippen molar-refractivity contribution in [1.29, 1.82) is 0 Å². The SMILES string of the molecule is C=CC(C)=CC=C(C)N(C)c1ccc(-c2ccc(C(C)(C)C)cc2)cc1. The summed E-state index contributed by atoms with van der Waals surface area (Å²) in [7, 11) is 2.09. The zero-order valence-electron chi connectivity index (χ0n) is 17.0. The van der Waals surface area contributed by atoms with Gasteiger partial charge in [0.2, 0.25) is 0 Å². The lowest BCUT2D eigenvalue weighted by atomic mass is 9.86. The Morgan fingerprint density at radius 3 is 1.81 bits per heavy atom. The summed E-state index contributed by atoms with van der Waals surface area (Å²) in [6.45, 7) is 14.7. The first-order valence-corrected chi connectivity index (χ1v) is 9.14. The van der Waals surface area contributed by atoms with Crippen molar-refractivity contribution >= 4 is 5.69 Å². The summed E-state index contributed by atoms with van der Waals surface area (Å²) in [6, 6.07) is 17.6. The van der Waals surface area contributed by atoms with Gasteiger partial charge in [-0.25, -0.2) is 0 Å². The summed E-state index contributed by atoms with van der Waals surface area (Å²) in [5, 5.41) is 0. The van der Waals surface area contributed by atoms with Gasteiger partial charge in [0.15, 0.2) is 0 Å². The van der Waals surface area contributed by atoms with Crippen molar-refractivity contribution in [2.24, 2.45) is 0 Å². The minimum Gasteiger partial charge on any atom is -0.348 e. The van der Waals surface area contributed by atoms with Crippen LogP contribution in [0.4, 0.5) is 5.69 Å². The first-order chi connectivity index (χ1) is 12.2. The van der Waals surface area contributed by atoms with Crippen molar-refractivity contribution in [2.45, 2.75) is 40.0 Å². The molecule has 0 saturated heterocycles. The van der Waals surface area contributed by atoms with Crippen LogP contribution < -0.4 is 4.90 Å². The fourth-order valence-electron chi connectivity index (χ4n) is 2.68. The van der Waals surface area contributed by atoms with E-state index in [0.717, 1.165) is 5.57 Å². The van der Waals surface area contributed by atoms with Gasteiger partial charge in [0.05, 0.1) is 0 Å². The van der Waals surface area contributed by atoms with E-state index in [2.05, 4.69) is 114 Å². The summed E-state index contributed by atoms with van der Waals surface area (Å²) in [5.74, 6) is 0. The van der Waals surface area contributed by atoms with Crippen LogP contribution in [0.2, 0.25) is 0 Å². The van der Waals surface area contributed by atoms with E-state index in [1.165, 1.54) is 28.1 Å². The van der Waals surface area contributed by atoms with E-state index in [1.807, 2.05) is 6.08 Å². The minimum absolute atomic E-state index is 0.188. The maximum absolute atomic E-state index is 3.79. The Kier molecular flexibility index (Phi) is 6.26. The van der Waals surface area contributed by atoms with Crippen molar-refractivity contribution < 1.29 is 0 Å². The Labute approximate surface area is 159 Å². The number of hydrogen-bond acceptors (Lipinski definition) is 1. The molecule has 0 aromatic heterocycles. The van der Waals surface area contributed by atoms with Crippen LogP contribution in [-0.4, -0.2) is 7.05 Å². The molecule has 0 bridgehead atoms. The molecule has 0 radical (unpaired) electrons. The average Bonchev–Trinajstić information content (AvgIpc) is 2.64. The first-order valence-electron chi connectivity index (χ1n) is 9.14. The Balaban J connectivity index is 2.19. The maximum Gasteiger partial charge on any atom is 0.0405 e. The van der Waals surface area contributed by atoms with Crippen molar-refractivity contribution in [3.63, 3.8) is 0 Å². The summed E-state index contributed by atoms with van der Waals surface area (Å²) in [5.41, 5.74) is 7.57. The molecule has 0 saturated carbocycles. The normalized spacial score (nSPS) is 12.8. The molecule has 1 heteroatoms. The van der Waals surface area contributed by atoms with E-state index >= 15 is 0 Å². The van der Waals surface area contributed by atoms with Crippen LogP contribution in [-0.2, 0) is 5.41 Å². The predicted octanol–water partition coefficient (Wildman–Crippen LogP) is 7.12. The van der Waals surface area contributed by atoms with Gasteiger partial charge in [-0.1, -0.05) is 81.5 Å². The lowest BCUT2D eigenvalue weighted by molar-refractivity contribution is 0.590. The van der Waals surface area contributed by atoms with Gasteiger partial charge in [-0.15, -0.1) is 0 Å². The molecule has 26 heavy (non-hydrogen) atoms. The summed E-state index contributed by atoms with van der Waals surface area (Å²) in [4.78, 5) is 2.19. The number of benzene rings is 2. The topological polar surface area (TPSA) is 3.24 Å². The highest BCUT2D eigenvalue weighted by molar-refractivity contribution is 5.67. The van der Waals surface area contributed by atoms with Crippen molar-refractivity contribution in [3.05, 3.63) is 90.2 Å². The largest absolute Gasteiger partial charge is 0.348 e. The van der Waals surface area contributed by atoms with Crippen LogP contribution >= 0.6 is 0 Å². The molecule has 0 fully saturated rings. The van der Waals surface area contributed by atoms with Gasteiger partial charge in [0, 0.05) is 18.4 Å². The van der Waals surface area contributed by atoms with Gasteiger partial charge >= 0.3 is 0 Å². The van der Waals surface area contributed by atoms with E-state index < -0.39 is 0 Å². The van der Waals surface area contributed by atoms with Crippen LogP contribution in [0.5, 0.6) is 0 Å². The zero-order valence-corrected chi connectivity index (χ0v) is 17.0. The molecule has 136 valence electrons. The molecule has 0 spiro atoms. The standard InChI is InChI=1S/C25H31N/c1-8-19(2)9-10-20(3)26(7)24-17-13-22(14-18-24)21-11-15-23(16-12-21)25(4,5)6/h8-18H,1H2,2-7H3. The molecule has 0 heterocycles. The molecule has 2 rings (SSSR count). The fourth-order valence-corrected chi connectivity index (χ4v) is 2.68. The fraction of sp³-hybridized carbons (Fsp3) is 0.280. The lowest BCUT2D eigenvalue weighted by Gasteiger charge is -2.21. The summed E-state index contributed by atoms with van der Waals surface area (Å²) in [6.07, 6.45) is 6.07. The van der Waals surface area contributed by atoms with Crippen LogP contribution in [0, 0.1) is 0 Å². The van der Waals surface area contributed by atoms with E-state index in [4.69, 9.17) is 0 Å². The average molecular weight is 346 g/mol. The smallest absolute Gasteiger partial charge is 0.0405 e. The Hall–Kier alpha value is -2.54. The molecule has 2 aromatic rings. The van der Waals surface area contributed by atoms with Gasteiger partial charge in [0.25, 0.3) is 0 Å². The third kappa shape index (κ3) is 4.98. The van der Waals surface area contributed by atoms with E-state index in [0.29, 0.717) is 0 Å². The van der Waals surface area contributed by atoms with Crippen LogP contribution in [0.1, 0.15) is 40.2 Å². The maximum atomic E-state index is 3.79.